The Hall–Kier alpha value is -1.63. The standard InChI is InChI=1S/C9H16N6O/c1-14-8(5-11-9(14)10)7-6-15(13-12-7)3-2-4-16/h6,8,16H,2-5H2,1H3,(H2,10,11). The van der Waals surface area contributed by atoms with Crippen molar-refractivity contribution in [2.24, 2.45) is 10.7 Å². The van der Waals surface area contributed by atoms with Crippen LogP contribution in [0, 0.1) is 0 Å². The fourth-order valence-electron chi connectivity index (χ4n) is 1.67. The fraction of sp³-hybridized carbons (Fsp3) is 0.667. The van der Waals surface area contributed by atoms with Crippen LogP contribution >= 0.6 is 0 Å². The number of rotatable bonds is 4. The summed E-state index contributed by atoms with van der Waals surface area (Å²) in [6, 6.07) is 0.0860. The molecule has 1 aromatic heterocycles. The van der Waals surface area contributed by atoms with Crippen LogP contribution < -0.4 is 5.73 Å². The van der Waals surface area contributed by atoms with Gasteiger partial charge in [0.25, 0.3) is 0 Å². The maximum absolute atomic E-state index is 8.72. The lowest BCUT2D eigenvalue weighted by atomic mass is 10.2. The zero-order valence-electron chi connectivity index (χ0n) is 9.24. The SMILES string of the molecule is CN1C(N)=NCC1c1cn(CCCO)nn1. The molecular weight excluding hydrogens is 208 g/mol. The lowest BCUT2D eigenvalue weighted by Crippen LogP contribution is -2.32. The average molecular weight is 224 g/mol. The maximum atomic E-state index is 8.72. The summed E-state index contributed by atoms with van der Waals surface area (Å²) in [5.41, 5.74) is 6.55. The van der Waals surface area contributed by atoms with Gasteiger partial charge in [0.2, 0.25) is 0 Å². The van der Waals surface area contributed by atoms with E-state index in [0.29, 0.717) is 25.5 Å². The van der Waals surface area contributed by atoms with Crippen molar-refractivity contribution in [2.75, 3.05) is 20.2 Å². The molecule has 1 aliphatic heterocycles. The summed E-state index contributed by atoms with van der Waals surface area (Å²) >= 11 is 0. The molecule has 0 spiro atoms. The van der Waals surface area contributed by atoms with E-state index in [4.69, 9.17) is 10.8 Å². The molecule has 2 heterocycles. The lowest BCUT2D eigenvalue weighted by molar-refractivity contribution is 0.276. The number of aliphatic imine (C=N–C) groups is 1. The van der Waals surface area contributed by atoms with Crippen molar-refractivity contribution in [3.8, 4) is 0 Å². The highest BCUT2D eigenvalue weighted by Crippen LogP contribution is 2.21. The smallest absolute Gasteiger partial charge is 0.191 e. The van der Waals surface area contributed by atoms with E-state index in [9.17, 15) is 0 Å². The van der Waals surface area contributed by atoms with E-state index >= 15 is 0 Å². The maximum Gasteiger partial charge on any atom is 0.191 e. The molecule has 0 saturated heterocycles. The number of likely N-dealkylation sites (N-methyl/N-ethyl adjacent to an activating group) is 1. The van der Waals surface area contributed by atoms with E-state index in [2.05, 4.69) is 15.3 Å². The molecule has 1 atom stereocenters. The van der Waals surface area contributed by atoms with Crippen LogP contribution in [-0.2, 0) is 6.54 Å². The number of nitrogens with zero attached hydrogens (tertiary/aromatic N) is 5. The summed E-state index contributed by atoms with van der Waals surface area (Å²) in [7, 11) is 1.89. The molecule has 7 nitrogen and oxygen atoms in total. The first kappa shape index (κ1) is 10.9. The van der Waals surface area contributed by atoms with E-state index in [1.165, 1.54) is 0 Å². The van der Waals surface area contributed by atoms with E-state index in [1.54, 1.807) is 4.68 Å². The van der Waals surface area contributed by atoms with Crippen molar-refractivity contribution < 1.29 is 5.11 Å². The van der Waals surface area contributed by atoms with Gasteiger partial charge in [-0.3, -0.25) is 9.67 Å². The molecule has 7 heteroatoms. The van der Waals surface area contributed by atoms with Gasteiger partial charge in [-0.2, -0.15) is 0 Å². The third-order valence-electron chi connectivity index (χ3n) is 2.70. The molecule has 1 aromatic rings. The minimum Gasteiger partial charge on any atom is -0.396 e. The molecule has 0 radical (unpaired) electrons. The average Bonchev–Trinajstić information content (AvgIpc) is 2.85. The Bertz CT molecular complexity index is 387. The number of guanidine groups is 1. The summed E-state index contributed by atoms with van der Waals surface area (Å²) in [6.45, 7) is 1.46. The first-order chi connectivity index (χ1) is 7.72. The van der Waals surface area contributed by atoms with Gasteiger partial charge in [0.15, 0.2) is 5.96 Å². The van der Waals surface area contributed by atoms with Gasteiger partial charge in [-0.05, 0) is 6.42 Å². The van der Waals surface area contributed by atoms with Gasteiger partial charge in [-0.25, -0.2) is 0 Å². The molecule has 2 rings (SSSR count). The van der Waals surface area contributed by atoms with Gasteiger partial charge in [-0.1, -0.05) is 5.21 Å². The van der Waals surface area contributed by atoms with Crippen LogP contribution in [0.5, 0.6) is 0 Å². The normalized spacial score (nSPS) is 20.2. The topological polar surface area (TPSA) is 92.6 Å². The fourth-order valence-corrected chi connectivity index (χ4v) is 1.67. The molecule has 16 heavy (non-hydrogen) atoms. The van der Waals surface area contributed by atoms with E-state index in [0.717, 1.165) is 5.69 Å². The highest BCUT2D eigenvalue weighted by molar-refractivity contribution is 5.79. The van der Waals surface area contributed by atoms with Crippen LogP contribution in [-0.4, -0.2) is 51.2 Å². The lowest BCUT2D eigenvalue weighted by Gasteiger charge is -2.18. The third kappa shape index (κ3) is 1.99. The third-order valence-corrected chi connectivity index (χ3v) is 2.70. The molecule has 0 amide bonds. The number of aryl methyl sites for hydroxylation is 1. The van der Waals surface area contributed by atoms with E-state index in [-0.39, 0.29) is 12.6 Å². The Kier molecular flexibility index (Phi) is 3.04. The molecule has 1 aliphatic rings. The zero-order valence-corrected chi connectivity index (χ0v) is 9.24. The minimum absolute atomic E-state index is 0.0860. The number of aliphatic hydroxyl groups excluding tert-OH is 1. The Morgan fingerprint density at radius 3 is 3.06 bits per heavy atom. The number of nitrogens with two attached hydrogens (primary N) is 1. The molecule has 1 unspecified atom stereocenters. The highest BCUT2D eigenvalue weighted by atomic mass is 16.3. The van der Waals surface area contributed by atoms with Gasteiger partial charge < -0.3 is 15.7 Å². The van der Waals surface area contributed by atoms with Crippen molar-refractivity contribution in [1.29, 1.82) is 0 Å². The van der Waals surface area contributed by atoms with Gasteiger partial charge >= 0.3 is 0 Å². The molecular formula is C9H16N6O. The second kappa shape index (κ2) is 4.48. The van der Waals surface area contributed by atoms with Crippen molar-refractivity contribution in [1.82, 2.24) is 19.9 Å². The number of hydrogen-bond donors (Lipinski definition) is 2. The first-order valence-electron chi connectivity index (χ1n) is 5.26. The minimum atomic E-state index is 0.0860. The quantitative estimate of drug-likeness (QED) is 0.681. The zero-order chi connectivity index (χ0) is 11.5. The van der Waals surface area contributed by atoms with Crippen LogP contribution in [0.2, 0.25) is 0 Å². The van der Waals surface area contributed by atoms with Crippen molar-refractivity contribution in [3.05, 3.63) is 11.9 Å². The first-order valence-corrected chi connectivity index (χ1v) is 5.26. The molecule has 0 aromatic carbocycles. The summed E-state index contributed by atoms with van der Waals surface area (Å²) < 4.78 is 1.73. The molecule has 0 fully saturated rings. The number of hydrogen-bond acceptors (Lipinski definition) is 6. The summed E-state index contributed by atoms with van der Waals surface area (Å²) in [5, 5.41) is 16.8. The molecule has 3 N–H and O–H groups in total. The second-order valence-electron chi connectivity index (χ2n) is 3.81. The largest absolute Gasteiger partial charge is 0.396 e. The predicted molar refractivity (Wildman–Crippen MR) is 58.7 cm³/mol. The van der Waals surface area contributed by atoms with Crippen LogP contribution in [0.1, 0.15) is 18.2 Å². The van der Waals surface area contributed by atoms with Crippen molar-refractivity contribution in [3.63, 3.8) is 0 Å². The molecule has 0 saturated carbocycles. The van der Waals surface area contributed by atoms with E-state index < -0.39 is 0 Å². The van der Waals surface area contributed by atoms with Crippen LogP contribution in [0.25, 0.3) is 0 Å². The summed E-state index contributed by atoms with van der Waals surface area (Å²) in [6.07, 6.45) is 2.56. The summed E-state index contributed by atoms with van der Waals surface area (Å²) in [4.78, 5) is 6.04. The highest BCUT2D eigenvalue weighted by Gasteiger charge is 2.26. The van der Waals surface area contributed by atoms with Crippen molar-refractivity contribution in [2.45, 2.75) is 19.0 Å². The summed E-state index contributed by atoms with van der Waals surface area (Å²) in [5.74, 6) is 0.537. The van der Waals surface area contributed by atoms with Gasteiger partial charge in [0, 0.05) is 20.2 Å². The molecule has 0 bridgehead atoms. The van der Waals surface area contributed by atoms with Crippen LogP contribution in [0.15, 0.2) is 11.2 Å². The Morgan fingerprint density at radius 1 is 1.62 bits per heavy atom. The van der Waals surface area contributed by atoms with Crippen LogP contribution in [0.4, 0.5) is 0 Å². The number of aliphatic hydroxyl groups is 1. The van der Waals surface area contributed by atoms with Gasteiger partial charge in [-0.15, -0.1) is 5.10 Å². The number of aromatic nitrogens is 3. The molecule has 88 valence electrons. The second-order valence-corrected chi connectivity index (χ2v) is 3.81. The monoisotopic (exact) mass is 224 g/mol. The van der Waals surface area contributed by atoms with Crippen LogP contribution in [0.3, 0.4) is 0 Å². The Balaban J connectivity index is 2.03. The molecule has 0 aliphatic carbocycles. The van der Waals surface area contributed by atoms with Gasteiger partial charge in [0.05, 0.1) is 18.8 Å². The van der Waals surface area contributed by atoms with Crippen molar-refractivity contribution >= 4 is 5.96 Å². The van der Waals surface area contributed by atoms with E-state index in [1.807, 2.05) is 18.1 Å². The van der Waals surface area contributed by atoms with Gasteiger partial charge in [0.1, 0.15) is 5.69 Å². The Morgan fingerprint density at radius 2 is 2.44 bits per heavy atom. The Labute approximate surface area is 93.6 Å². The predicted octanol–water partition coefficient (Wildman–Crippen LogP) is -1.04.